The molecule has 0 radical (unpaired) electrons. The predicted octanol–water partition coefficient (Wildman–Crippen LogP) is 2.02. The van der Waals surface area contributed by atoms with E-state index in [9.17, 15) is 22.8 Å². The summed E-state index contributed by atoms with van der Waals surface area (Å²) >= 11 is 0. The highest BCUT2D eigenvalue weighted by atomic mass is 19.4. The molecule has 0 amide bonds. The third kappa shape index (κ3) is 8.04. The van der Waals surface area contributed by atoms with Gasteiger partial charge in [-0.25, -0.2) is 0 Å². The van der Waals surface area contributed by atoms with Crippen LogP contribution in [0.5, 0.6) is 5.75 Å². The summed E-state index contributed by atoms with van der Waals surface area (Å²) in [6.45, 7) is 1.38. The van der Waals surface area contributed by atoms with E-state index in [1.165, 1.54) is 18.2 Å². The molecule has 3 N–H and O–H groups in total. The van der Waals surface area contributed by atoms with Crippen molar-refractivity contribution in [3.63, 3.8) is 0 Å². The summed E-state index contributed by atoms with van der Waals surface area (Å²) in [4.78, 5) is 23.3. The van der Waals surface area contributed by atoms with Crippen molar-refractivity contribution in [2.24, 2.45) is 4.99 Å². The fourth-order valence-electron chi connectivity index (χ4n) is 1.73. The monoisotopic (exact) mass is 362 g/mol. The van der Waals surface area contributed by atoms with E-state index in [0.717, 1.165) is 6.07 Å². The van der Waals surface area contributed by atoms with Gasteiger partial charge in [0.2, 0.25) is 0 Å². The molecule has 25 heavy (non-hydrogen) atoms. The Hall–Kier alpha value is -2.78. The van der Waals surface area contributed by atoms with Gasteiger partial charge in [-0.2, -0.15) is 13.2 Å². The van der Waals surface area contributed by atoms with Gasteiger partial charge in [-0.1, -0.05) is 12.1 Å². The number of alkyl halides is 3. The number of carbonyl (C=O) groups is 2. The van der Waals surface area contributed by atoms with E-state index in [4.69, 9.17) is 14.9 Å². The third-order valence-electron chi connectivity index (χ3n) is 2.85. The van der Waals surface area contributed by atoms with Crippen molar-refractivity contribution in [2.75, 3.05) is 19.7 Å². The van der Waals surface area contributed by atoms with E-state index in [1.807, 2.05) is 0 Å². The summed E-state index contributed by atoms with van der Waals surface area (Å²) in [7, 11) is 0. The summed E-state index contributed by atoms with van der Waals surface area (Å²) in [5.41, 5.74) is -0.765. The zero-order chi connectivity index (χ0) is 18.9. The number of ether oxygens (including phenoxy) is 1. The molecule has 0 fully saturated rings. The van der Waals surface area contributed by atoms with E-state index in [0.29, 0.717) is 18.9 Å². The Kier molecular flexibility index (Phi) is 7.70. The second-order valence-electron chi connectivity index (χ2n) is 4.83. The number of rotatable bonds is 6. The molecule has 0 aromatic heterocycles. The van der Waals surface area contributed by atoms with Crippen molar-refractivity contribution in [1.29, 1.82) is 0 Å². The lowest BCUT2D eigenvalue weighted by Gasteiger charge is -2.13. The fourth-order valence-corrected chi connectivity index (χ4v) is 1.73. The average molecular weight is 362 g/mol. The molecule has 0 atom stereocenters. The molecule has 138 valence electrons. The van der Waals surface area contributed by atoms with Gasteiger partial charge in [0.05, 0.1) is 24.9 Å². The zero-order valence-electron chi connectivity index (χ0n) is 13.0. The standard InChI is InChI=1S/C11H11F3N2O.C4H6O4/c12-11(13,14)8-3-1-2-4-9(8)17-7-10-15-5-6-16-10;5-3(6)1-2-4(7)8/h1-4H,5-7H2,(H,15,16);1-2H2,(H,5,6)(H,7,8). The maximum absolute atomic E-state index is 12.6. The molecule has 2 rings (SSSR count). The Morgan fingerprint density at radius 3 is 2.24 bits per heavy atom. The van der Waals surface area contributed by atoms with Gasteiger partial charge < -0.3 is 20.3 Å². The molecule has 0 bridgehead atoms. The van der Waals surface area contributed by atoms with E-state index in [2.05, 4.69) is 10.3 Å². The fraction of sp³-hybridized carbons (Fsp3) is 0.400. The third-order valence-corrected chi connectivity index (χ3v) is 2.85. The van der Waals surface area contributed by atoms with Crippen LogP contribution < -0.4 is 10.1 Å². The number of nitrogens with zero attached hydrogens (tertiary/aromatic N) is 1. The summed E-state index contributed by atoms with van der Waals surface area (Å²) in [6.07, 6.45) is -4.99. The summed E-state index contributed by atoms with van der Waals surface area (Å²) < 4.78 is 43.0. The number of hydrogen-bond donors (Lipinski definition) is 3. The molecule has 0 unspecified atom stereocenters. The second-order valence-corrected chi connectivity index (χ2v) is 4.83. The molecule has 1 aromatic carbocycles. The van der Waals surface area contributed by atoms with Crippen molar-refractivity contribution in [1.82, 2.24) is 5.32 Å². The molecule has 1 aliphatic rings. The van der Waals surface area contributed by atoms with Gasteiger partial charge >= 0.3 is 18.1 Å². The number of carboxylic acid groups (broad SMARTS) is 2. The maximum Gasteiger partial charge on any atom is 0.419 e. The molecule has 1 aliphatic heterocycles. The number of aliphatic imine (C=N–C) groups is 1. The van der Waals surface area contributed by atoms with Crippen LogP contribution in [0.4, 0.5) is 13.2 Å². The van der Waals surface area contributed by atoms with Gasteiger partial charge in [0.15, 0.2) is 0 Å². The van der Waals surface area contributed by atoms with Crippen molar-refractivity contribution < 1.29 is 37.7 Å². The molecule has 10 heteroatoms. The van der Waals surface area contributed by atoms with Crippen LogP contribution in [0.1, 0.15) is 18.4 Å². The maximum atomic E-state index is 12.6. The number of carboxylic acids is 2. The van der Waals surface area contributed by atoms with Gasteiger partial charge in [0.1, 0.15) is 18.2 Å². The Balaban J connectivity index is 0.000000333. The van der Waals surface area contributed by atoms with Gasteiger partial charge in [0, 0.05) is 6.54 Å². The van der Waals surface area contributed by atoms with Crippen LogP contribution in [0.15, 0.2) is 29.3 Å². The zero-order valence-corrected chi connectivity index (χ0v) is 13.0. The first kappa shape index (κ1) is 20.3. The largest absolute Gasteiger partial charge is 0.485 e. The SMILES string of the molecule is FC(F)(F)c1ccccc1OCC1=NCCN1.O=C(O)CCC(=O)O. The van der Waals surface area contributed by atoms with Crippen LogP contribution in [-0.2, 0) is 15.8 Å². The van der Waals surface area contributed by atoms with Crippen LogP contribution in [-0.4, -0.2) is 47.7 Å². The average Bonchev–Trinajstić information content (AvgIpc) is 3.04. The Bertz CT molecular complexity index is 618. The van der Waals surface area contributed by atoms with E-state index < -0.39 is 23.7 Å². The topological polar surface area (TPSA) is 108 Å². The highest BCUT2D eigenvalue weighted by molar-refractivity contribution is 5.85. The van der Waals surface area contributed by atoms with Crippen molar-refractivity contribution in [3.8, 4) is 5.75 Å². The van der Waals surface area contributed by atoms with E-state index in [-0.39, 0.29) is 25.2 Å². The molecule has 0 saturated carbocycles. The molecular formula is C15H17F3N2O5. The smallest absolute Gasteiger partial charge is 0.419 e. The minimum absolute atomic E-state index is 0.0348. The lowest BCUT2D eigenvalue weighted by Crippen LogP contribution is -2.25. The first-order chi connectivity index (χ1) is 11.7. The highest BCUT2D eigenvalue weighted by Gasteiger charge is 2.34. The van der Waals surface area contributed by atoms with E-state index in [1.54, 1.807) is 0 Å². The van der Waals surface area contributed by atoms with Crippen molar-refractivity contribution >= 4 is 17.8 Å². The number of halogens is 3. The number of amidine groups is 1. The van der Waals surface area contributed by atoms with Crippen LogP contribution in [0, 0.1) is 0 Å². The molecule has 1 aromatic rings. The van der Waals surface area contributed by atoms with Crippen LogP contribution >= 0.6 is 0 Å². The lowest BCUT2D eigenvalue weighted by atomic mass is 10.2. The quantitative estimate of drug-likeness (QED) is 0.715. The van der Waals surface area contributed by atoms with Crippen LogP contribution in [0.25, 0.3) is 0 Å². The lowest BCUT2D eigenvalue weighted by molar-refractivity contribution is -0.143. The molecule has 0 spiro atoms. The Morgan fingerprint density at radius 2 is 1.76 bits per heavy atom. The molecule has 1 heterocycles. The van der Waals surface area contributed by atoms with Gasteiger partial charge in [-0.15, -0.1) is 0 Å². The summed E-state index contributed by atoms with van der Waals surface area (Å²) in [6, 6.07) is 5.15. The van der Waals surface area contributed by atoms with Gasteiger partial charge in [0.25, 0.3) is 0 Å². The molecule has 0 aliphatic carbocycles. The summed E-state index contributed by atoms with van der Waals surface area (Å²) in [5, 5.41) is 18.7. The molecule has 7 nitrogen and oxygen atoms in total. The minimum atomic E-state index is -4.40. The predicted molar refractivity (Wildman–Crippen MR) is 81.7 cm³/mol. The number of aliphatic carboxylic acids is 2. The Labute approximate surface area is 141 Å². The first-order valence-corrected chi connectivity index (χ1v) is 7.20. The second kappa shape index (κ2) is 9.50. The van der Waals surface area contributed by atoms with Gasteiger partial charge in [-0.3, -0.25) is 14.6 Å². The van der Waals surface area contributed by atoms with E-state index >= 15 is 0 Å². The van der Waals surface area contributed by atoms with Crippen molar-refractivity contribution in [3.05, 3.63) is 29.8 Å². The minimum Gasteiger partial charge on any atom is -0.485 e. The first-order valence-electron chi connectivity index (χ1n) is 7.20. The van der Waals surface area contributed by atoms with Gasteiger partial charge in [-0.05, 0) is 12.1 Å². The number of benzene rings is 1. The van der Waals surface area contributed by atoms with Crippen LogP contribution in [0.2, 0.25) is 0 Å². The number of nitrogens with one attached hydrogen (secondary N) is 1. The number of para-hydroxylation sites is 1. The summed E-state index contributed by atoms with van der Waals surface area (Å²) in [5.74, 6) is -1.74. The number of hydrogen-bond acceptors (Lipinski definition) is 5. The van der Waals surface area contributed by atoms with Crippen LogP contribution in [0.3, 0.4) is 0 Å². The molecule has 0 saturated heterocycles. The highest BCUT2D eigenvalue weighted by Crippen LogP contribution is 2.35. The normalized spacial score (nSPS) is 13.2. The van der Waals surface area contributed by atoms with Crippen molar-refractivity contribution in [2.45, 2.75) is 19.0 Å². The molecular weight excluding hydrogens is 345 g/mol. The Morgan fingerprint density at radius 1 is 1.16 bits per heavy atom.